The van der Waals surface area contributed by atoms with Crippen molar-refractivity contribution >= 4 is 125 Å². The molecule has 0 aliphatic rings. The summed E-state index contributed by atoms with van der Waals surface area (Å²) in [7, 11) is -9.61. The van der Waals surface area contributed by atoms with Gasteiger partial charge in [0.25, 0.3) is 0 Å². The molecule has 9 nitrogen and oxygen atoms in total. The van der Waals surface area contributed by atoms with E-state index in [2.05, 4.69) is 15.0 Å². The molecule has 0 fully saturated rings. The summed E-state index contributed by atoms with van der Waals surface area (Å²) in [6.07, 6.45) is 0. The van der Waals surface area contributed by atoms with Crippen LogP contribution in [0.4, 0.5) is 0 Å². The number of nitrogens with zero attached hydrogens (tertiary/aromatic N) is 4. The number of fused-ring (bicyclic) bond motifs is 4. The van der Waals surface area contributed by atoms with Gasteiger partial charge in [-0.2, -0.15) is 0 Å². The number of aromatic hydroxyl groups is 1. The van der Waals surface area contributed by atoms with Crippen LogP contribution < -0.4 is 72.1 Å². The van der Waals surface area contributed by atoms with Crippen LogP contribution in [0.1, 0.15) is 0 Å². The number of para-hydroxylation sites is 4. The molecule has 0 spiro atoms. The zero-order valence-corrected chi connectivity index (χ0v) is 50.1. The molecule has 4 aromatic heterocycles. The van der Waals surface area contributed by atoms with Crippen molar-refractivity contribution in [3.05, 3.63) is 321 Å². The first kappa shape index (κ1) is 60.2. The Labute approximate surface area is 516 Å². The Morgan fingerprint density at radius 3 is 1.00 bits per heavy atom. The van der Waals surface area contributed by atoms with E-state index in [1.165, 1.54) is 6.07 Å². The minimum Gasteiger partial charge on any atom is -0.871 e. The molecule has 0 saturated carbocycles. The number of hydrogen-bond donors (Lipinski definition) is 1. The third-order valence-electron chi connectivity index (χ3n) is 14.1. The maximum Gasteiger partial charge on any atom is 1.00 e. The summed E-state index contributed by atoms with van der Waals surface area (Å²) in [5, 5.41) is 31.8. The van der Waals surface area contributed by atoms with E-state index in [1.807, 2.05) is 273 Å². The zero-order chi connectivity index (χ0) is 58.6. The number of halogens is 1. The third-order valence-corrected chi connectivity index (χ3v) is 23.2. The molecule has 0 unspecified atom stereocenters. The van der Waals surface area contributed by atoms with Gasteiger partial charge in [0.15, 0.2) is 26.9 Å². The Morgan fingerprint density at radius 2 is 0.593 bits per heavy atom. The largest absolute Gasteiger partial charge is 1.00 e. The van der Waals surface area contributed by atoms with Crippen molar-refractivity contribution in [2.45, 2.75) is 0 Å². The van der Waals surface area contributed by atoms with Gasteiger partial charge in [0.1, 0.15) is 21.8 Å². The van der Waals surface area contributed by atoms with Gasteiger partial charge in [-0.05, 0) is 53.9 Å². The molecule has 0 aliphatic heterocycles. The van der Waals surface area contributed by atoms with E-state index in [0.29, 0.717) is 42.8 Å². The molecule has 414 valence electrons. The molecule has 0 aliphatic carbocycles. The second-order valence-electron chi connectivity index (χ2n) is 19.6. The molecule has 0 atom stereocenters. The van der Waals surface area contributed by atoms with Crippen molar-refractivity contribution in [2.75, 3.05) is 0 Å². The van der Waals surface area contributed by atoms with Crippen molar-refractivity contribution in [2.24, 2.45) is 0 Å². The summed E-state index contributed by atoms with van der Waals surface area (Å²) in [5.41, 5.74) is 4.15. The Hall–Kier alpha value is -8.98. The number of aromatic nitrogens is 4. The van der Waals surface area contributed by atoms with Gasteiger partial charge in [-0.3, -0.25) is 0 Å². The Bertz CT molecular complexity index is 4450. The minimum absolute atomic E-state index is 0. The first-order valence-corrected chi connectivity index (χ1v) is 32.7. The molecule has 4 heterocycles. The predicted molar refractivity (Wildman–Crippen MR) is 351 cm³/mol. The van der Waals surface area contributed by atoms with Crippen molar-refractivity contribution in [3.63, 3.8) is 0 Å². The van der Waals surface area contributed by atoms with Gasteiger partial charge in [-0.15, -0.1) is 0 Å². The summed E-state index contributed by atoms with van der Waals surface area (Å²) in [5.74, 6) is -0.343. The first-order valence-electron chi connectivity index (χ1n) is 27.2. The van der Waals surface area contributed by atoms with Crippen molar-refractivity contribution in [3.8, 4) is 11.5 Å². The van der Waals surface area contributed by atoms with E-state index in [-0.39, 0.29) is 41.2 Å². The molecule has 14 heteroatoms. The van der Waals surface area contributed by atoms with E-state index in [4.69, 9.17) is 16.6 Å². The van der Waals surface area contributed by atoms with E-state index in [1.54, 1.807) is 36.4 Å². The van der Waals surface area contributed by atoms with Crippen molar-refractivity contribution in [1.82, 2.24) is 19.9 Å². The average Bonchev–Trinajstić information content (AvgIpc) is 1.41. The van der Waals surface area contributed by atoms with E-state index in [9.17, 15) is 23.9 Å². The Morgan fingerprint density at radius 1 is 0.302 bits per heavy atom. The van der Waals surface area contributed by atoms with E-state index >= 15 is 0 Å². The maximum absolute atomic E-state index is 14.3. The summed E-state index contributed by atoms with van der Waals surface area (Å²) in [4.78, 5) is 18.0. The second kappa shape index (κ2) is 27.4. The van der Waals surface area contributed by atoms with Crippen molar-refractivity contribution in [1.29, 1.82) is 0 Å². The number of rotatable bonds is 9. The molecule has 14 rings (SSSR count). The SMILES string of the molecule is Clc1ccc2ccccc2n1.O=P(c1ccccc1)(c1ccccc1)c1ccc2ccccc2n1.O=P(c1ccccc1)(c1ccccc1)c1nc2ccccc2cc1O.O=P(c1ccccc1)(c1ccccc1)c1nc2ccccc2cc1[O-].[Li+]. The van der Waals surface area contributed by atoms with Crippen molar-refractivity contribution < 1.29 is 42.8 Å². The Balaban J connectivity index is 0.000000131. The van der Waals surface area contributed by atoms with Gasteiger partial charge >= 0.3 is 18.9 Å². The van der Waals surface area contributed by atoms with Crippen LogP contribution >= 0.6 is 33.0 Å². The fraction of sp³-hybridized carbons (Fsp3) is 0. The molecule has 0 radical (unpaired) electrons. The quantitative estimate of drug-likeness (QED) is 0.0848. The second-order valence-corrected chi connectivity index (χ2v) is 28.0. The van der Waals surface area contributed by atoms with Gasteiger partial charge in [0, 0.05) is 48.0 Å². The molecule has 0 amide bonds. The van der Waals surface area contributed by atoms with Crippen LogP contribution in [0.15, 0.2) is 315 Å². The van der Waals surface area contributed by atoms with Gasteiger partial charge in [-0.25, -0.2) is 19.9 Å². The smallest absolute Gasteiger partial charge is 0.871 e. The molecule has 14 aromatic rings. The van der Waals surface area contributed by atoms with Gasteiger partial charge in [0.2, 0.25) is 0 Å². The van der Waals surface area contributed by atoms with E-state index < -0.39 is 21.4 Å². The summed E-state index contributed by atoms with van der Waals surface area (Å²) in [6.45, 7) is 0. The van der Waals surface area contributed by atoms with Gasteiger partial charge in [0.05, 0.1) is 22.1 Å². The van der Waals surface area contributed by atoms with Crippen LogP contribution in [-0.4, -0.2) is 25.0 Å². The fourth-order valence-electron chi connectivity index (χ4n) is 9.94. The summed E-state index contributed by atoms with van der Waals surface area (Å²) in [6, 6.07) is 97.4. The summed E-state index contributed by atoms with van der Waals surface area (Å²) < 4.78 is 42.7. The topological polar surface area (TPSA) is 146 Å². The average molecular weight is 1190 g/mol. The van der Waals surface area contributed by atoms with Crippen LogP contribution in [-0.2, 0) is 13.7 Å². The van der Waals surface area contributed by atoms with Crippen LogP contribution in [0.5, 0.6) is 11.5 Å². The standard InChI is InChI=1S/2C21H16NO2P.C21H16NOP.C9H6ClN.Li/c2*23-20-15-16-9-7-8-14-19(16)22-21(20)25(24,17-10-3-1-4-11-17)18-12-5-2-6-13-18;23-24(18-10-3-1-4-11-18,19-12-5-2-6-13-19)21-16-15-17-9-7-8-14-20(17)22-21;10-9-6-5-7-3-1-2-4-8(7)11-9;/h2*1-15,23H;1-16H;1-6H;/q;;;;+1/p-1. The molecule has 1 N–H and O–H groups in total. The third kappa shape index (κ3) is 12.8. The Kier molecular flexibility index (Phi) is 19.1. The van der Waals surface area contributed by atoms with Crippen LogP contribution in [0.3, 0.4) is 0 Å². The molecule has 86 heavy (non-hydrogen) atoms. The fourth-order valence-corrected chi connectivity index (χ4v) is 17.8. The van der Waals surface area contributed by atoms with Gasteiger partial charge in [-0.1, -0.05) is 284 Å². The van der Waals surface area contributed by atoms with Crippen LogP contribution in [0.25, 0.3) is 43.6 Å². The van der Waals surface area contributed by atoms with Crippen LogP contribution in [0.2, 0.25) is 5.15 Å². The summed E-state index contributed by atoms with van der Waals surface area (Å²) >= 11 is 5.71. The molecule has 0 saturated heterocycles. The maximum atomic E-state index is 14.3. The monoisotopic (exact) mass is 1190 g/mol. The minimum atomic E-state index is -3.34. The zero-order valence-electron chi connectivity index (χ0n) is 46.6. The number of benzene rings is 10. The van der Waals surface area contributed by atoms with Crippen LogP contribution in [0, 0.1) is 0 Å². The molecule has 0 bridgehead atoms. The normalized spacial score (nSPS) is 11.2. The molecular formula is C72H53ClLiN4O5P3. The number of pyridine rings is 4. The van der Waals surface area contributed by atoms with E-state index in [0.717, 1.165) is 43.2 Å². The van der Waals surface area contributed by atoms with Gasteiger partial charge < -0.3 is 23.9 Å². The number of hydrogen-bond acceptors (Lipinski definition) is 9. The first-order chi connectivity index (χ1) is 41.5. The predicted octanol–water partition coefficient (Wildman–Crippen LogP) is 10.3. The molecule has 10 aromatic carbocycles. The molecular weight excluding hydrogens is 1140 g/mol.